The van der Waals surface area contributed by atoms with Gasteiger partial charge >= 0.3 is 0 Å². The average molecular weight is 194 g/mol. The maximum Gasteiger partial charge on any atom is 0.273 e. The van der Waals surface area contributed by atoms with Crippen LogP contribution >= 0.6 is 0 Å². The largest absolute Gasteiger partial charge is 0.508 e. The Hall–Kier alpha value is -0.963. The second-order valence-electron chi connectivity index (χ2n) is 3.18. The third-order valence-corrected chi connectivity index (χ3v) is 3.02. The lowest BCUT2D eigenvalue weighted by Gasteiger charge is -2.01. The van der Waals surface area contributed by atoms with Gasteiger partial charge in [0.2, 0.25) is 0 Å². The fraction of sp³-hybridized carbons (Fsp3) is 0.400. The zero-order valence-electron chi connectivity index (χ0n) is 7.79. The molecule has 0 saturated heterocycles. The van der Waals surface area contributed by atoms with Crippen LogP contribution in [0.1, 0.15) is 12.0 Å². The van der Waals surface area contributed by atoms with Crippen molar-refractivity contribution in [3.8, 4) is 5.75 Å². The Balaban J connectivity index is 2.45. The molecule has 0 unspecified atom stereocenters. The summed E-state index contributed by atoms with van der Waals surface area (Å²) in [6, 6.07) is 8.08. The lowest BCUT2D eigenvalue weighted by atomic mass is 10.1. The molecule has 0 amide bonds. The smallest absolute Gasteiger partial charge is 0.273 e. The number of hydrogen-bond donors (Lipinski definition) is 1. The van der Waals surface area contributed by atoms with Crippen molar-refractivity contribution in [2.45, 2.75) is 25.4 Å². The second-order valence-corrected chi connectivity index (χ2v) is 5.09. The normalized spacial score (nSPS) is 9.92. The molecular weight excluding hydrogens is 180 g/mol. The van der Waals surface area contributed by atoms with Gasteiger partial charge in [0.1, 0.15) is 5.75 Å². The first-order chi connectivity index (χ1) is 6.20. The van der Waals surface area contributed by atoms with Crippen molar-refractivity contribution in [2.24, 2.45) is 0 Å². The molecule has 0 bridgehead atoms. The minimum absolute atomic E-state index is 0.346. The van der Waals surface area contributed by atoms with Crippen LogP contribution in [-0.2, 0) is 10.9 Å². The summed E-state index contributed by atoms with van der Waals surface area (Å²) in [7, 11) is -1.35. The fourth-order valence-corrected chi connectivity index (χ4v) is 1.92. The van der Waals surface area contributed by atoms with E-state index in [0.29, 0.717) is 5.75 Å². The number of aromatic hydroxyl groups is 1. The first kappa shape index (κ1) is 10.1. The second kappa shape index (κ2) is 4.92. The lowest BCUT2D eigenvalue weighted by Crippen LogP contribution is -1.93. The van der Waals surface area contributed by atoms with E-state index in [0.717, 1.165) is 24.4 Å². The summed E-state index contributed by atoms with van der Waals surface area (Å²) < 4.78 is 10.8. The molecule has 0 aromatic heterocycles. The van der Waals surface area contributed by atoms with E-state index in [1.165, 1.54) is 0 Å². The molecule has 1 aromatic carbocycles. The molecule has 2 nitrogen and oxygen atoms in total. The highest BCUT2D eigenvalue weighted by atomic mass is 28.3. The molecule has 0 fully saturated rings. The number of phenols is 1. The molecule has 1 rings (SSSR count). The molecule has 0 aliphatic heterocycles. The van der Waals surface area contributed by atoms with Gasteiger partial charge in [0.05, 0.1) is 0 Å². The molecule has 1 aromatic rings. The summed E-state index contributed by atoms with van der Waals surface area (Å²) in [5.41, 5.74) is 0.950. The molecule has 0 heterocycles. The molecule has 0 aliphatic carbocycles. The number of phenolic OH excluding ortho intramolecular Hbond substituents is 1. The topological polar surface area (TPSA) is 37.3 Å². The van der Waals surface area contributed by atoms with Crippen molar-refractivity contribution in [1.82, 2.24) is 0 Å². The zero-order chi connectivity index (χ0) is 9.68. The standard InChI is InChI=1S/C10H14O2Si/c1-13(12)8-4-6-9-5-2-3-7-10(9)11/h2-3,5,7,11H,4,6,8H2,1H3. The zero-order valence-corrected chi connectivity index (χ0v) is 8.79. The van der Waals surface area contributed by atoms with Crippen LogP contribution in [0.15, 0.2) is 24.3 Å². The minimum atomic E-state index is -1.35. The van der Waals surface area contributed by atoms with E-state index in [1.807, 2.05) is 18.2 Å². The Morgan fingerprint density at radius 2 is 2.08 bits per heavy atom. The quantitative estimate of drug-likeness (QED) is 0.747. The lowest BCUT2D eigenvalue weighted by molar-refractivity contribution is 0.467. The van der Waals surface area contributed by atoms with Gasteiger partial charge in [-0.3, -0.25) is 0 Å². The van der Waals surface area contributed by atoms with Crippen LogP contribution in [-0.4, -0.2) is 13.8 Å². The predicted molar refractivity (Wildman–Crippen MR) is 53.5 cm³/mol. The van der Waals surface area contributed by atoms with E-state index in [1.54, 1.807) is 12.6 Å². The van der Waals surface area contributed by atoms with Gasteiger partial charge in [-0.05, 0) is 37.1 Å². The van der Waals surface area contributed by atoms with Crippen molar-refractivity contribution >= 4 is 8.68 Å². The molecule has 0 radical (unpaired) electrons. The Morgan fingerprint density at radius 3 is 2.69 bits per heavy atom. The Labute approximate surface area is 79.9 Å². The van der Waals surface area contributed by atoms with Gasteiger partial charge in [-0.1, -0.05) is 18.2 Å². The maximum atomic E-state index is 10.8. The van der Waals surface area contributed by atoms with Crippen LogP contribution < -0.4 is 0 Å². The summed E-state index contributed by atoms with van der Waals surface area (Å²) in [4.78, 5) is 0. The van der Waals surface area contributed by atoms with E-state index in [-0.39, 0.29) is 0 Å². The van der Waals surface area contributed by atoms with Gasteiger partial charge in [-0.15, -0.1) is 0 Å². The van der Waals surface area contributed by atoms with Crippen molar-refractivity contribution in [3.05, 3.63) is 29.8 Å². The molecule has 3 heteroatoms. The van der Waals surface area contributed by atoms with E-state index < -0.39 is 8.68 Å². The van der Waals surface area contributed by atoms with Crippen LogP contribution in [0.25, 0.3) is 0 Å². The van der Waals surface area contributed by atoms with Gasteiger partial charge in [0, 0.05) is 0 Å². The Kier molecular flexibility index (Phi) is 3.83. The summed E-state index contributed by atoms with van der Waals surface area (Å²) in [5, 5.41) is 9.41. The Morgan fingerprint density at radius 1 is 1.38 bits per heavy atom. The monoisotopic (exact) mass is 194 g/mol. The molecule has 1 N–H and O–H groups in total. The number of benzene rings is 1. The summed E-state index contributed by atoms with van der Waals surface area (Å²) in [6.07, 6.45) is 1.71. The van der Waals surface area contributed by atoms with Crippen molar-refractivity contribution < 1.29 is 9.57 Å². The van der Waals surface area contributed by atoms with Crippen LogP contribution in [0.2, 0.25) is 12.6 Å². The minimum Gasteiger partial charge on any atom is -0.508 e. The highest BCUT2D eigenvalue weighted by Crippen LogP contribution is 2.17. The van der Waals surface area contributed by atoms with Crippen molar-refractivity contribution in [2.75, 3.05) is 0 Å². The van der Waals surface area contributed by atoms with Gasteiger partial charge in [0.15, 0.2) is 0 Å². The summed E-state index contributed by atoms with van der Waals surface area (Å²) >= 11 is 0. The first-order valence-corrected chi connectivity index (χ1v) is 6.58. The highest BCUT2D eigenvalue weighted by molar-refractivity contribution is 6.40. The molecule has 0 saturated carbocycles. The summed E-state index contributed by atoms with van der Waals surface area (Å²) in [6.45, 7) is 1.77. The SMILES string of the molecule is C[Si](=O)CCCc1ccccc1O. The Bertz CT molecular complexity index is 297. The van der Waals surface area contributed by atoms with E-state index >= 15 is 0 Å². The number of aryl methyl sites for hydroxylation is 1. The number of rotatable bonds is 4. The van der Waals surface area contributed by atoms with Crippen LogP contribution in [0.5, 0.6) is 5.75 Å². The predicted octanol–water partition coefficient (Wildman–Crippen LogP) is 2.38. The van der Waals surface area contributed by atoms with Crippen LogP contribution in [0.4, 0.5) is 0 Å². The van der Waals surface area contributed by atoms with E-state index in [2.05, 4.69) is 0 Å². The van der Waals surface area contributed by atoms with Crippen LogP contribution in [0.3, 0.4) is 0 Å². The average Bonchev–Trinajstić information content (AvgIpc) is 2.08. The molecule has 0 spiro atoms. The molecule has 13 heavy (non-hydrogen) atoms. The fourth-order valence-electron chi connectivity index (χ4n) is 1.25. The highest BCUT2D eigenvalue weighted by Gasteiger charge is 2.01. The third kappa shape index (κ3) is 3.50. The maximum absolute atomic E-state index is 10.8. The molecular formula is C10H14O2Si. The van der Waals surface area contributed by atoms with Gasteiger partial charge in [0.25, 0.3) is 8.68 Å². The number of hydrogen-bond acceptors (Lipinski definition) is 2. The molecule has 0 atom stereocenters. The first-order valence-electron chi connectivity index (χ1n) is 4.46. The van der Waals surface area contributed by atoms with Crippen LogP contribution in [0, 0.1) is 0 Å². The van der Waals surface area contributed by atoms with Gasteiger partial charge in [-0.25, -0.2) is 0 Å². The van der Waals surface area contributed by atoms with Gasteiger partial charge in [-0.2, -0.15) is 0 Å². The molecule has 0 aliphatic rings. The van der Waals surface area contributed by atoms with E-state index in [4.69, 9.17) is 0 Å². The van der Waals surface area contributed by atoms with Crippen molar-refractivity contribution in [3.63, 3.8) is 0 Å². The van der Waals surface area contributed by atoms with Gasteiger partial charge < -0.3 is 9.57 Å². The third-order valence-electron chi connectivity index (χ3n) is 1.97. The molecule has 70 valence electrons. The summed E-state index contributed by atoms with van der Waals surface area (Å²) in [5.74, 6) is 0.346. The van der Waals surface area contributed by atoms with E-state index in [9.17, 15) is 9.57 Å². The van der Waals surface area contributed by atoms with Crippen molar-refractivity contribution in [1.29, 1.82) is 0 Å². The number of para-hydroxylation sites is 1.